The van der Waals surface area contributed by atoms with Crippen molar-refractivity contribution in [2.75, 3.05) is 13.2 Å². The summed E-state index contributed by atoms with van der Waals surface area (Å²) in [5.41, 5.74) is 3.51. The van der Waals surface area contributed by atoms with Gasteiger partial charge in [0.15, 0.2) is 0 Å². The normalized spacial score (nSPS) is 21.1. The molecule has 1 aliphatic carbocycles. The third kappa shape index (κ3) is 4.29. The molecule has 1 aliphatic heterocycles. The van der Waals surface area contributed by atoms with Crippen molar-refractivity contribution in [3.8, 4) is 0 Å². The first-order valence-electron chi connectivity index (χ1n) is 9.33. The van der Waals surface area contributed by atoms with Gasteiger partial charge in [0.25, 0.3) is 0 Å². The van der Waals surface area contributed by atoms with Crippen LogP contribution in [0.25, 0.3) is 0 Å². The average Bonchev–Trinajstić information content (AvgIpc) is 3.39. The summed E-state index contributed by atoms with van der Waals surface area (Å²) in [6.45, 7) is 4.57. The topological polar surface area (TPSA) is 50.5 Å². The molecule has 1 atom stereocenters. The summed E-state index contributed by atoms with van der Waals surface area (Å²) >= 11 is 0. The molecule has 25 heavy (non-hydrogen) atoms. The minimum absolute atomic E-state index is 0.0980. The Hall–Kier alpha value is -1.69. The zero-order chi connectivity index (χ0) is 17.1. The lowest BCUT2D eigenvalue weighted by Crippen LogP contribution is -2.37. The van der Waals surface area contributed by atoms with E-state index in [1.165, 1.54) is 24.1 Å². The number of hydrogen-bond donors (Lipinski definition) is 1. The van der Waals surface area contributed by atoms with Crippen LogP contribution in [-0.4, -0.2) is 39.0 Å². The predicted molar refractivity (Wildman–Crippen MR) is 95.8 cm³/mol. The summed E-state index contributed by atoms with van der Waals surface area (Å²) in [4.78, 5) is 2.52. The lowest BCUT2D eigenvalue weighted by atomic mass is 10.1. The molecule has 5 nitrogen and oxygen atoms in total. The third-order valence-electron chi connectivity index (χ3n) is 5.31. The zero-order valence-corrected chi connectivity index (χ0v) is 14.7. The largest absolute Gasteiger partial charge is 0.392 e. The lowest BCUT2D eigenvalue weighted by Gasteiger charge is -2.29. The quantitative estimate of drug-likeness (QED) is 0.841. The first-order valence-corrected chi connectivity index (χ1v) is 9.33. The highest BCUT2D eigenvalue weighted by molar-refractivity contribution is 5.22. The fourth-order valence-corrected chi connectivity index (χ4v) is 3.50. The molecule has 0 radical (unpaired) electrons. The van der Waals surface area contributed by atoms with Crippen molar-refractivity contribution < 1.29 is 9.84 Å². The van der Waals surface area contributed by atoms with E-state index in [9.17, 15) is 5.11 Å². The Balaban J connectivity index is 1.45. The molecule has 0 amide bonds. The number of fused-ring (bicyclic) bond motifs is 1. The van der Waals surface area contributed by atoms with Gasteiger partial charge < -0.3 is 9.84 Å². The van der Waals surface area contributed by atoms with Gasteiger partial charge in [-0.2, -0.15) is 5.10 Å². The molecule has 2 aromatic rings. The number of aryl methyl sites for hydroxylation is 1. The van der Waals surface area contributed by atoms with Gasteiger partial charge >= 0.3 is 0 Å². The SMILES string of the molecule is OCc1ccc(CN2Cc3ccnn3CCC2COCC2CC2)cc1. The molecule has 0 saturated heterocycles. The minimum Gasteiger partial charge on any atom is -0.392 e. The van der Waals surface area contributed by atoms with Gasteiger partial charge in [-0.25, -0.2) is 0 Å². The van der Waals surface area contributed by atoms with E-state index in [0.29, 0.717) is 6.04 Å². The second kappa shape index (κ2) is 7.68. The molecule has 1 unspecified atom stereocenters. The number of nitrogens with zero attached hydrogens (tertiary/aromatic N) is 3. The standard InChI is InChI=1S/C20H27N3O2/c24-13-17-3-1-16(2-4-17)11-22-12-19-7-9-21-23(19)10-8-20(22)15-25-14-18-5-6-18/h1-4,7,9,18,20,24H,5-6,8,10-15H2. The van der Waals surface area contributed by atoms with Crippen LogP contribution in [0.2, 0.25) is 0 Å². The van der Waals surface area contributed by atoms with Crippen LogP contribution >= 0.6 is 0 Å². The Morgan fingerprint density at radius 1 is 1.04 bits per heavy atom. The van der Waals surface area contributed by atoms with Crippen LogP contribution in [0, 0.1) is 5.92 Å². The minimum atomic E-state index is 0.0980. The molecular formula is C20H27N3O2. The molecule has 2 heterocycles. The number of benzene rings is 1. The molecular weight excluding hydrogens is 314 g/mol. The lowest BCUT2D eigenvalue weighted by molar-refractivity contribution is 0.0450. The highest BCUT2D eigenvalue weighted by atomic mass is 16.5. The summed E-state index contributed by atoms with van der Waals surface area (Å²) in [7, 11) is 0. The number of ether oxygens (including phenoxy) is 1. The van der Waals surface area contributed by atoms with Gasteiger partial charge in [0.05, 0.1) is 18.9 Å². The molecule has 0 spiro atoms. The number of aromatic nitrogens is 2. The fraction of sp³-hybridized carbons (Fsp3) is 0.550. The average molecular weight is 341 g/mol. The highest BCUT2D eigenvalue weighted by Crippen LogP contribution is 2.29. The van der Waals surface area contributed by atoms with E-state index in [0.717, 1.165) is 50.8 Å². The first-order chi connectivity index (χ1) is 12.3. The van der Waals surface area contributed by atoms with Crippen LogP contribution in [0.1, 0.15) is 36.1 Å². The first kappa shape index (κ1) is 16.8. The predicted octanol–water partition coefficient (Wildman–Crippen LogP) is 2.58. The Morgan fingerprint density at radius 2 is 1.84 bits per heavy atom. The molecule has 1 N–H and O–H groups in total. The second-order valence-electron chi connectivity index (χ2n) is 7.35. The highest BCUT2D eigenvalue weighted by Gasteiger charge is 2.26. The van der Waals surface area contributed by atoms with Gasteiger partial charge in [-0.05, 0) is 42.4 Å². The molecule has 5 heteroatoms. The van der Waals surface area contributed by atoms with E-state index in [-0.39, 0.29) is 6.61 Å². The molecule has 134 valence electrons. The molecule has 1 aromatic heterocycles. The molecule has 1 fully saturated rings. The molecule has 1 saturated carbocycles. The van der Waals surface area contributed by atoms with Crippen molar-refractivity contribution in [2.45, 2.75) is 51.5 Å². The van der Waals surface area contributed by atoms with E-state index < -0.39 is 0 Å². The maximum Gasteiger partial charge on any atom is 0.0681 e. The van der Waals surface area contributed by atoms with Crippen LogP contribution < -0.4 is 0 Å². The van der Waals surface area contributed by atoms with E-state index >= 15 is 0 Å². The van der Waals surface area contributed by atoms with Crippen molar-refractivity contribution in [2.24, 2.45) is 5.92 Å². The van der Waals surface area contributed by atoms with Crippen molar-refractivity contribution in [1.82, 2.24) is 14.7 Å². The number of rotatable bonds is 7. The Morgan fingerprint density at radius 3 is 2.60 bits per heavy atom. The summed E-state index contributed by atoms with van der Waals surface area (Å²) in [5, 5.41) is 13.7. The van der Waals surface area contributed by atoms with E-state index in [1.807, 2.05) is 18.3 Å². The monoisotopic (exact) mass is 341 g/mol. The maximum absolute atomic E-state index is 9.23. The number of aliphatic hydroxyl groups is 1. The van der Waals surface area contributed by atoms with Crippen LogP contribution in [0.3, 0.4) is 0 Å². The second-order valence-corrected chi connectivity index (χ2v) is 7.35. The van der Waals surface area contributed by atoms with Crippen molar-refractivity contribution in [3.05, 3.63) is 53.3 Å². The van der Waals surface area contributed by atoms with Crippen molar-refractivity contribution in [1.29, 1.82) is 0 Å². The molecule has 2 aliphatic rings. The molecule has 1 aromatic carbocycles. The fourth-order valence-electron chi connectivity index (χ4n) is 3.50. The third-order valence-corrected chi connectivity index (χ3v) is 5.31. The Labute approximate surface area is 149 Å². The van der Waals surface area contributed by atoms with Gasteiger partial charge in [0.2, 0.25) is 0 Å². The van der Waals surface area contributed by atoms with Gasteiger partial charge in [0, 0.05) is 38.5 Å². The maximum atomic E-state index is 9.23. The number of hydrogen-bond acceptors (Lipinski definition) is 4. The molecule has 0 bridgehead atoms. The van der Waals surface area contributed by atoms with Crippen molar-refractivity contribution in [3.63, 3.8) is 0 Å². The van der Waals surface area contributed by atoms with Gasteiger partial charge in [0.1, 0.15) is 0 Å². The Kier molecular flexibility index (Phi) is 5.15. The zero-order valence-electron chi connectivity index (χ0n) is 14.7. The van der Waals surface area contributed by atoms with Crippen LogP contribution in [0.15, 0.2) is 36.5 Å². The number of aliphatic hydroxyl groups excluding tert-OH is 1. The van der Waals surface area contributed by atoms with Gasteiger partial charge in [-0.1, -0.05) is 24.3 Å². The van der Waals surface area contributed by atoms with Crippen LogP contribution in [0.5, 0.6) is 0 Å². The summed E-state index contributed by atoms with van der Waals surface area (Å²) < 4.78 is 8.16. The summed E-state index contributed by atoms with van der Waals surface area (Å²) in [6, 6.07) is 10.8. The van der Waals surface area contributed by atoms with Gasteiger partial charge in [-0.3, -0.25) is 9.58 Å². The van der Waals surface area contributed by atoms with Crippen LogP contribution in [-0.2, 0) is 31.0 Å². The van der Waals surface area contributed by atoms with E-state index in [1.54, 1.807) is 0 Å². The van der Waals surface area contributed by atoms with Crippen molar-refractivity contribution >= 4 is 0 Å². The summed E-state index contributed by atoms with van der Waals surface area (Å²) in [6.07, 6.45) is 5.63. The smallest absolute Gasteiger partial charge is 0.0681 e. The van der Waals surface area contributed by atoms with Crippen LogP contribution in [0.4, 0.5) is 0 Å². The summed E-state index contributed by atoms with van der Waals surface area (Å²) in [5.74, 6) is 0.806. The Bertz CT molecular complexity index is 679. The molecule has 4 rings (SSSR count). The van der Waals surface area contributed by atoms with E-state index in [2.05, 4.69) is 32.9 Å². The van der Waals surface area contributed by atoms with E-state index in [4.69, 9.17) is 4.74 Å². The van der Waals surface area contributed by atoms with Gasteiger partial charge in [-0.15, -0.1) is 0 Å².